The van der Waals surface area contributed by atoms with Crippen LogP contribution in [0.3, 0.4) is 0 Å². The lowest BCUT2D eigenvalue weighted by molar-refractivity contribution is -0.120. The first-order valence-electron chi connectivity index (χ1n) is 9.67. The Morgan fingerprint density at radius 1 is 1.04 bits per heavy atom. The second-order valence-corrected chi connectivity index (χ2v) is 9.94. The number of nitrogens with zero attached hydrogens (tertiary/aromatic N) is 1. The van der Waals surface area contributed by atoms with Crippen molar-refractivity contribution >= 4 is 27.3 Å². The molecule has 0 radical (unpaired) electrons. The van der Waals surface area contributed by atoms with E-state index in [9.17, 15) is 13.2 Å². The van der Waals surface area contributed by atoms with Crippen LogP contribution >= 0.6 is 0 Å². The van der Waals surface area contributed by atoms with Crippen LogP contribution in [-0.4, -0.2) is 38.7 Å². The lowest BCUT2D eigenvalue weighted by Gasteiger charge is -2.28. The monoisotopic (exact) mass is 391 g/mol. The van der Waals surface area contributed by atoms with Gasteiger partial charge in [0.15, 0.2) is 0 Å². The Morgan fingerprint density at radius 3 is 2.19 bits per heavy atom. The molecule has 0 saturated heterocycles. The van der Waals surface area contributed by atoms with Gasteiger partial charge in [0, 0.05) is 36.4 Å². The molecule has 0 unspecified atom stereocenters. The molecule has 1 aromatic carbocycles. The molecule has 0 bridgehead atoms. The molecule has 0 aromatic heterocycles. The summed E-state index contributed by atoms with van der Waals surface area (Å²) in [6.07, 6.45) is 7.10. The quantitative estimate of drug-likeness (QED) is 0.731. The number of anilines is 2. The minimum absolute atomic E-state index is 0.0238. The van der Waals surface area contributed by atoms with E-state index < -0.39 is 15.3 Å². The maximum absolute atomic E-state index is 12.5. The van der Waals surface area contributed by atoms with Gasteiger partial charge in [0.1, 0.15) is 0 Å². The number of hydrogen-bond acceptors (Lipinski definition) is 4. The first kappa shape index (κ1) is 19.9. The van der Waals surface area contributed by atoms with E-state index in [-0.39, 0.29) is 17.9 Å². The molecular formula is C20H29N3O3S. The molecule has 1 amide bonds. The summed E-state index contributed by atoms with van der Waals surface area (Å²) in [5.74, 6) is -0.0389. The van der Waals surface area contributed by atoms with Crippen LogP contribution in [0.5, 0.6) is 0 Å². The second kappa shape index (κ2) is 8.44. The Labute approximate surface area is 162 Å². The van der Waals surface area contributed by atoms with Crippen molar-refractivity contribution in [1.82, 2.24) is 4.72 Å². The van der Waals surface area contributed by atoms with Crippen LogP contribution in [0.4, 0.5) is 11.4 Å². The SMILES string of the molecule is CC(C)S(=O)(=O)NC1CCC(C(=O)Nc2ccc(N3CC=CC3)cc2)CC1. The Morgan fingerprint density at radius 2 is 1.63 bits per heavy atom. The van der Waals surface area contributed by atoms with Gasteiger partial charge in [-0.2, -0.15) is 0 Å². The van der Waals surface area contributed by atoms with E-state index >= 15 is 0 Å². The number of hydrogen-bond donors (Lipinski definition) is 2. The van der Waals surface area contributed by atoms with E-state index in [1.807, 2.05) is 24.3 Å². The number of rotatable bonds is 6. The summed E-state index contributed by atoms with van der Waals surface area (Å²) in [5, 5.41) is 2.57. The molecular weight excluding hydrogens is 362 g/mol. The first-order chi connectivity index (χ1) is 12.8. The molecule has 1 aliphatic carbocycles. The van der Waals surface area contributed by atoms with Crippen LogP contribution in [-0.2, 0) is 14.8 Å². The van der Waals surface area contributed by atoms with Crippen molar-refractivity contribution in [2.75, 3.05) is 23.3 Å². The third kappa shape index (κ3) is 5.11. The van der Waals surface area contributed by atoms with Crippen molar-refractivity contribution in [3.05, 3.63) is 36.4 Å². The molecule has 1 aromatic rings. The van der Waals surface area contributed by atoms with Gasteiger partial charge in [0.25, 0.3) is 0 Å². The molecule has 2 N–H and O–H groups in total. The van der Waals surface area contributed by atoms with E-state index in [2.05, 4.69) is 27.1 Å². The fourth-order valence-corrected chi connectivity index (χ4v) is 4.50. The van der Waals surface area contributed by atoms with Crippen molar-refractivity contribution in [2.24, 2.45) is 5.92 Å². The van der Waals surface area contributed by atoms with E-state index in [0.717, 1.165) is 24.5 Å². The second-order valence-electron chi connectivity index (χ2n) is 7.67. The molecule has 0 spiro atoms. The summed E-state index contributed by atoms with van der Waals surface area (Å²) in [5.41, 5.74) is 1.95. The van der Waals surface area contributed by atoms with E-state index in [1.54, 1.807) is 13.8 Å². The smallest absolute Gasteiger partial charge is 0.227 e. The van der Waals surface area contributed by atoms with Crippen LogP contribution in [0.25, 0.3) is 0 Å². The lowest BCUT2D eigenvalue weighted by Crippen LogP contribution is -2.42. The fourth-order valence-electron chi connectivity index (χ4n) is 3.53. The van der Waals surface area contributed by atoms with Crippen molar-refractivity contribution in [1.29, 1.82) is 0 Å². The third-order valence-electron chi connectivity index (χ3n) is 5.37. The minimum Gasteiger partial charge on any atom is -0.364 e. The summed E-state index contributed by atoms with van der Waals surface area (Å²) in [4.78, 5) is 14.8. The molecule has 27 heavy (non-hydrogen) atoms. The lowest BCUT2D eigenvalue weighted by atomic mass is 9.86. The van der Waals surface area contributed by atoms with E-state index in [1.165, 1.54) is 0 Å². The highest BCUT2D eigenvalue weighted by Crippen LogP contribution is 2.27. The van der Waals surface area contributed by atoms with Gasteiger partial charge in [-0.3, -0.25) is 4.79 Å². The van der Waals surface area contributed by atoms with Gasteiger partial charge in [-0.05, 0) is 63.8 Å². The van der Waals surface area contributed by atoms with Crippen LogP contribution in [0, 0.1) is 5.92 Å². The number of amides is 1. The Kier molecular flexibility index (Phi) is 6.22. The molecule has 1 aliphatic heterocycles. The summed E-state index contributed by atoms with van der Waals surface area (Å²) in [6, 6.07) is 7.87. The predicted molar refractivity (Wildman–Crippen MR) is 109 cm³/mol. The molecule has 7 heteroatoms. The molecule has 1 heterocycles. The minimum atomic E-state index is -3.25. The number of sulfonamides is 1. The maximum Gasteiger partial charge on any atom is 0.227 e. The fraction of sp³-hybridized carbons (Fsp3) is 0.550. The van der Waals surface area contributed by atoms with Gasteiger partial charge in [-0.25, -0.2) is 13.1 Å². The standard InChI is InChI=1S/C20H29N3O3S/c1-15(2)27(25,26)22-18-7-5-16(6-8-18)20(24)21-17-9-11-19(12-10-17)23-13-3-4-14-23/h3-4,9-12,15-16,18,22H,5-8,13-14H2,1-2H3,(H,21,24). The third-order valence-corrected chi connectivity index (χ3v) is 7.27. The summed E-state index contributed by atoms with van der Waals surface area (Å²) in [7, 11) is -3.25. The van der Waals surface area contributed by atoms with Crippen molar-refractivity contribution < 1.29 is 13.2 Å². The van der Waals surface area contributed by atoms with E-state index in [4.69, 9.17) is 0 Å². The Hall–Kier alpha value is -1.86. The van der Waals surface area contributed by atoms with Crippen LogP contribution in [0.15, 0.2) is 36.4 Å². The Balaban J connectivity index is 1.48. The molecule has 2 aliphatic rings. The highest BCUT2D eigenvalue weighted by atomic mass is 32.2. The zero-order valence-electron chi connectivity index (χ0n) is 16.0. The van der Waals surface area contributed by atoms with Crippen molar-refractivity contribution in [3.63, 3.8) is 0 Å². The van der Waals surface area contributed by atoms with Crippen LogP contribution in [0.1, 0.15) is 39.5 Å². The van der Waals surface area contributed by atoms with Gasteiger partial charge < -0.3 is 10.2 Å². The number of carbonyl (C=O) groups is 1. The first-order valence-corrected chi connectivity index (χ1v) is 11.2. The number of nitrogens with one attached hydrogen (secondary N) is 2. The Bertz CT molecular complexity index is 771. The van der Waals surface area contributed by atoms with Crippen LogP contribution in [0.2, 0.25) is 0 Å². The molecule has 6 nitrogen and oxygen atoms in total. The van der Waals surface area contributed by atoms with Gasteiger partial charge in [-0.15, -0.1) is 0 Å². The predicted octanol–water partition coefficient (Wildman–Crippen LogP) is 2.89. The van der Waals surface area contributed by atoms with Crippen molar-refractivity contribution in [3.8, 4) is 0 Å². The van der Waals surface area contributed by atoms with Gasteiger partial charge in [-0.1, -0.05) is 12.2 Å². The normalized spacial score (nSPS) is 23.0. The highest BCUT2D eigenvalue weighted by molar-refractivity contribution is 7.90. The van der Waals surface area contributed by atoms with Gasteiger partial charge in [0.2, 0.25) is 15.9 Å². The zero-order chi connectivity index (χ0) is 19.4. The average molecular weight is 392 g/mol. The number of benzene rings is 1. The molecule has 1 saturated carbocycles. The van der Waals surface area contributed by atoms with Gasteiger partial charge >= 0.3 is 0 Å². The average Bonchev–Trinajstić information content (AvgIpc) is 3.17. The van der Waals surface area contributed by atoms with Crippen LogP contribution < -0.4 is 14.9 Å². The highest BCUT2D eigenvalue weighted by Gasteiger charge is 2.29. The maximum atomic E-state index is 12.5. The zero-order valence-corrected chi connectivity index (χ0v) is 16.8. The summed E-state index contributed by atoms with van der Waals surface area (Å²) < 4.78 is 26.7. The molecule has 3 rings (SSSR count). The number of carbonyl (C=O) groups excluding carboxylic acids is 1. The van der Waals surface area contributed by atoms with E-state index in [0.29, 0.717) is 25.7 Å². The summed E-state index contributed by atoms with van der Waals surface area (Å²) in [6.45, 7) is 5.20. The largest absolute Gasteiger partial charge is 0.364 e. The van der Waals surface area contributed by atoms with Crippen molar-refractivity contribution in [2.45, 2.75) is 50.8 Å². The van der Waals surface area contributed by atoms with Gasteiger partial charge in [0.05, 0.1) is 5.25 Å². The molecule has 0 atom stereocenters. The topological polar surface area (TPSA) is 78.5 Å². The molecule has 148 valence electrons. The summed E-state index contributed by atoms with van der Waals surface area (Å²) >= 11 is 0. The molecule has 1 fully saturated rings.